The zero-order valence-corrected chi connectivity index (χ0v) is 13.3. The van der Waals surface area contributed by atoms with Crippen LogP contribution in [-0.4, -0.2) is 23.9 Å². The molecular formula is C15H20FN3OS. The third-order valence-corrected chi connectivity index (χ3v) is 4.27. The molecule has 0 aliphatic rings. The Morgan fingerprint density at radius 1 is 1.33 bits per heavy atom. The lowest BCUT2D eigenvalue weighted by Gasteiger charge is -2.12. The zero-order chi connectivity index (χ0) is 15.2. The number of nitrogens with zero attached hydrogens (tertiary/aromatic N) is 2. The van der Waals surface area contributed by atoms with E-state index in [1.165, 1.54) is 24.5 Å². The van der Waals surface area contributed by atoms with Gasteiger partial charge in [-0.25, -0.2) is 4.39 Å². The molecule has 2 aromatic rings. The summed E-state index contributed by atoms with van der Waals surface area (Å²) in [6.45, 7) is 5.19. The molecule has 0 aliphatic heterocycles. The van der Waals surface area contributed by atoms with Crippen LogP contribution in [0.1, 0.15) is 37.7 Å². The van der Waals surface area contributed by atoms with Crippen LogP contribution in [0.2, 0.25) is 0 Å². The molecule has 1 unspecified atom stereocenters. The van der Waals surface area contributed by atoms with Crippen LogP contribution in [0.25, 0.3) is 10.6 Å². The number of hydrogen-bond acceptors (Lipinski definition) is 5. The fourth-order valence-electron chi connectivity index (χ4n) is 2.02. The molecule has 114 valence electrons. The Kier molecular flexibility index (Phi) is 5.64. The van der Waals surface area contributed by atoms with Gasteiger partial charge < -0.3 is 10.1 Å². The minimum atomic E-state index is -0.386. The lowest BCUT2D eigenvalue weighted by molar-refractivity contribution is 0.386. The molecule has 4 nitrogen and oxygen atoms in total. The summed E-state index contributed by atoms with van der Waals surface area (Å²) >= 11 is 1.50. The second kappa shape index (κ2) is 7.47. The Morgan fingerprint density at radius 2 is 2.14 bits per heavy atom. The van der Waals surface area contributed by atoms with Crippen LogP contribution in [-0.2, 0) is 0 Å². The van der Waals surface area contributed by atoms with Gasteiger partial charge in [0.15, 0.2) is 11.6 Å². The van der Waals surface area contributed by atoms with Crippen molar-refractivity contribution >= 4 is 11.3 Å². The molecule has 1 N–H and O–H groups in total. The Morgan fingerprint density at radius 3 is 2.76 bits per heavy atom. The van der Waals surface area contributed by atoms with Crippen LogP contribution >= 0.6 is 11.3 Å². The first-order chi connectivity index (χ1) is 10.2. The van der Waals surface area contributed by atoms with Crippen molar-refractivity contribution in [1.29, 1.82) is 0 Å². The van der Waals surface area contributed by atoms with E-state index in [0.29, 0.717) is 0 Å². The van der Waals surface area contributed by atoms with Crippen molar-refractivity contribution in [1.82, 2.24) is 15.5 Å². The minimum absolute atomic E-state index is 0.208. The number of rotatable bonds is 7. The van der Waals surface area contributed by atoms with Crippen LogP contribution in [0.4, 0.5) is 4.39 Å². The molecule has 0 amide bonds. The first-order valence-electron chi connectivity index (χ1n) is 7.10. The van der Waals surface area contributed by atoms with E-state index in [-0.39, 0.29) is 17.6 Å². The van der Waals surface area contributed by atoms with Gasteiger partial charge in [0.25, 0.3) is 0 Å². The van der Waals surface area contributed by atoms with Gasteiger partial charge in [-0.2, -0.15) is 0 Å². The summed E-state index contributed by atoms with van der Waals surface area (Å²) in [7, 11) is 1.45. The van der Waals surface area contributed by atoms with Gasteiger partial charge in [0.1, 0.15) is 10.0 Å². The quantitative estimate of drug-likeness (QED) is 0.845. The normalized spacial score (nSPS) is 12.4. The summed E-state index contributed by atoms with van der Waals surface area (Å²) in [5.74, 6) is -0.151. The number of benzene rings is 1. The average Bonchev–Trinajstić information content (AvgIpc) is 2.98. The van der Waals surface area contributed by atoms with Crippen LogP contribution in [0.3, 0.4) is 0 Å². The van der Waals surface area contributed by atoms with E-state index in [1.54, 1.807) is 12.1 Å². The van der Waals surface area contributed by atoms with Crippen LogP contribution in [0, 0.1) is 5.82 Å². The smallest absolute Gasteiger partial charge is 0.165 e. The Labute approximate surface area is 128 Å². The summed E-state index contributed by atoms with van der Waals surface area (Å²) < 4.78 is 18.7. The van der Waals surface area contributed by atoms with Gasteiger partial charge in [-0.05, 0) is 37.6 Å². The lowest BCUT2D eigenvalue weighted by Crippen LogP contribution is -2.21. The molecule has 0 aliphatic carbocycles. The summed E-state index contributed by atoms with van der Waals surface area (Å²) in [5.41, 5.74) is 0.724. The molecule has 0 saturated carbocycles. The molecule has 21 heavy (non-hydrogen) atoms. The molecule has 6 heteroatoms. The van der Waals surface area contributed by atoms with Gasteiger partial charge in [0.05, 0.1) is 13.2 Å². The summed E-state index contributed by atoms with van der Waals surface area (Å²) in [6, 6.07) is 5.05. The first-order valence-corrected chi connectivity index (χ1v) is 7.91. The molecule has 0 radical (unpaired) electrons. The third kappa shape index (κ3) is 3.77. The van der Waals surface area contributed by atoms with E-state index >= 15 is 0 Å². The highest BCUT2D eigenvalue weighted by Crippen LogP contribution is 2.30. The Balaban J connectivity index is 2.20. The maximum absolute atomic E-state index is 13.8. The number of halogens is 1. The van der Waals surface area contributed by atoms with Crippen LogP contribution in [0.5, 0.6) is 5.75 Å². The van der Waals surface area contributed by atoms with E-state index in [9.17, 15) is 4.39 Å². The molecule has 2 rings (SSSR count). The van der Waals surface area contributed by atoms with E-state index in [0.717, 1.165) is 35.0 Å². The molecular weight excluding hydrogens is 289 g/mol. The maximum atomic E-state index is 13.8. The summed E-state index contributed by atoms with van der Waals surface area (Å²) in [6.07, 6.45) is 2.03. The van der Waals surface area contributed by atoms with Gasteiger partial charge in [0, 0.05) is 5.56 Å². The lowest BCUT2D eigenvalue weighted by atomic mass is 10.2. The highest BCUT2D eigenvalue weighted by Gasteiger charge is 2.16. The largest absolute Gasteiger partial charge is 0.494 e. The molecule has 0 saturated heterocycles. The number of aromatic nitrogens is 2. The summed E-state index contributed by atoms with van der Waals surface area (Å²) in [5, 5.41) is 13.5. The van der Waals surface area contributed by atoms with Crippen molar-refractivity contribution in [3.8, 4) is 16.3 Å². The second-order valence-corrected chi connectivity index (χ2v) is 5.72. The molecule has 1 atom stereocenters. The standard InChI is InChI=1S/C15H20FN3OS/c1-4-8-17-12(5-2)15-19-18-14(21-15)10-6-7-13(20-3)11(16)9-10/h6-7,9,12,17H,4-5,8H2,1-3H3. The number of ether oxygens (including phenoxy) is 1. The summed E-state index contributed by atoms with van der Waals surface area (Å²) in [4.78, 5) is 0. The van der Waals surface area contributed by atoms with Crippen molar-refractivity contribution in [2.24, 2.45) is 0 Å². The van der Waals surface area contributed by atoms with E-state index < -0.39 is 0 Å². The number of nitrogens with one attached hydrogen (secondary N) is 1. The van der Waals surface area contributed by atoms with Crippen molar-refractivity contribution in [2.45, 2.75) is 32.7 Å². The fraction of sp³-hybridized carbons (Fsp3) is 0.467. The zero-order valence-electron chi connectivity index (χ0n) is 12.5. The maximum Gasteiger partial charge on any atom is 0.165 e. The van der Waals surface area contributed by atoms with E-state index in [4.69, 9.17) is 4.74 Å². The number of hydrogen-bond donors (Lipinski definition) is 1. The molecule has 1 heterocycles. The SMILES string of the molecule is CCCNC(CC)c1nnc(-c2ccc(OC)c(F)c2)s1. The fourth-order valence-corrected chi connectivity index (χ4v) is 3.01. The van der Waals surface area contributed by atoms with Gasteiger partial charge >= 0.3 is 0 Å². The third-order valence-electron chi connectivity index (χ3n) is 3.19. The highest BCUT2D eigenvalue weighted by molar-refractivity contribution is 7.14. The molecule has 0 spiro atoms. The van der Waals surface area contributed by atoms with Gasteiger partial charge in [-0.1, -0.05) is 25.2 Å². The van der Waals surface area contributed by atoms with Crippen molar-refractivity contribution in [2.75, 3.05) is 13.7 Å². The predicted octanol–water partition coefficient (Wildman–Crippen LogP) is 3.80. The van der Waals surface area contributed by atoms with Crippen molar-refractivity contribution in [3.05, 3.63) is 29.0 Å². The molecule has 0 fully saturated rings. The van der Waals surface area contributed by atoms with Gasteiger partial charge in [-0.15, -0.1) is 10.2 Å². The van der Waals surface area contributed by atoms with Crippen molar-refractivity contribution in [3.63, 3.8) is 0 Å². The highest BCUT2D eigenvalue weighted by atomic mass is 32.1. The van der Waals surface area contributed by atoms with Gasteiger partial charge in [-0.3, -0.25) is 0 Å². The monoisotopic (exact) mass is 309 g/mol. The van der Waals surface area contributed by atoms with Crippen LogP contribution in [0.15, 0.2) is 18.2 Å². The molecule has 1 aromatic carbocycles. The van der Waals surface area contributed by atoms with E-state index in [1.807, 2.05) is 0 Å². The Hall–Kier alpha value is -1.53. The second-order valence-electron chi connectivity index (χ2n) is 4.71. The molecule has 0 bridgehead atoms. The predicted molar refractivity (Wildman–Crippen MR) is 83.2 cm³/mol. The van der Waals surface area contributed by atoms with Gasteiger partial charge in [0.2, 0.25) is 0 Å². The Bertz CT molecular complexity index is 588. The number of methoxy groups -OCH3 is 1. The topological polar surface area (TPSA) is 47.0 Å². The minimum Gasteiger partial charge on any atom is -0.494 e. The van der Waals surface area contributed by atoms with Crippen LogP contribution < -0.4 is 10.1 Å². The molecule has 1 aromatic heterocycles. The van der Waals surface area contributed by atoms with Crippen molar-refractivity contribution < 1.29 is 9.13 Å². The average molecular weight is 309 g/mol. The van der Waals surface area contributed by atoms with E-state index in [2.05, 4.69) is 29.4 Å². The first kappa shape index (κ1) is 15.9.